The van der Waals surface area contributed by atoms with Crippen LogP contribution in [0.4, 0.5) is 17.6 Å². The Hall–Kier alpha value is -0.730. The highest BCUT2D eigenvalue weighted by Crippen LogP contribution is 2.23. The Kier molecular flexibility index (Phi) is 5.29. The molecule has 0 aliphatic rings. The van der Waals surface area contributed by atoms with Crippen LogP contribution in [-0.4, -0.2) is 31.0 Å². The lowest BCUT2D eigenvalue weighted by Gasteiger charge is -2.14. The van der Waals surface area contributed by atoms with E-state index in [0.717, 1.165) is 5.69 Å². The number of nitrogens with zero attached hydrogens (tertiary/aromatic N) is 1. The fraction of sp³-hybridized carbons (Fsp3) is 0.667. The maximum Gasteiger partial charge on any atom is 0.330 e. The standard InChI is InChI=1S/C9H12F4N2OS/c1-14-2-6-4-17-7(15-6)3-16-5-9(12,13)8(10)11/h4,8,14H,2-3,5H2,1H3. The summed E-state index contributed by atoms with van der Waals surface area (Å²) in [7, 11) is 1.75. The number of thiazole rings is 1. The van der Waals surface area contributed by atoms with Gasteiger partial charge >= 0.3 is 12.3 Å². The predicted octanol–water partition coefficient (Wildman–Crippen LogP) is 2.28. The number of hydrogen-bond acceptors (Lipinski definition) is 4. The van der Waals surface area contributed by atoms with E-state index in [9.17, 15) is 17.6 Å². The first kappa shape index (κ1) is 14.3. The molecule has 0 aliphatic heterocycles. The van der Waals surface area contributed by atoms with Crippen LogP contribution in [0.3, 0.4) is 0 Å². The Bertz CT molecular complexity index is 345. The molecule has 0 saturated heterocycles. The summed E-state index contributed by atoms with van der Waals surface area (Å²) in [4.78, 5) is 4.06. The highest BCUT2D eigenvalue weighted by molar-refractivity contribution is 7.09. The Labute approximate surface area is 99.8 Å². The molecule has 0 aliphatic carbocycles. The van der Waals surface area contributed by atoms with Crippen molar-refractivity contribution in [2.75, 3.05) is 13.7 Å². The molecule has 98 valence electrons. The van der Waals surface area contributed by atoms with Crippen LogP contribution < -0.4 is 5.32 Å². The molecule has 0 spiro atoms. The highest BCUT2D eigenvalue weighted by atomic mass is 32.1. The molecule has 0 saturated carbocycles. The van der Waals surface area contributed by atoms with Crippen molar-refractivity contribution in [3.8, 4) is 0 Å². The topological polar surface area (TPSA) is 34.1 Å². The number of halogens is 4. The Morgan fingerprint density at radius 1 is 1.53 bits per heavy atom. The van der Waals surface area contributed by atoms with E-state index >= 15 is 0 Å². The third-order valence-corrected chi connectivity index (χ3v) is 2.67. The van der Waals surface area contributed by atoms with Crippen LogP contribution in [0.5, 0.6) is 0 Å². The van der Waals surface area contributed by atoms with Crippen molar-refractivity contribution in [3.63, 3.8) is 0 Å². The van der Waals surface area contributed by atoms with Gasteiger partial charge in [-0.1, -0.05) is 0 Å². The molecule has 0 unspecified atom stereocenters. The van der Waals surface area contributed by atoms with Gasteiger partial charge in [-0.2, -0.15) is 8.78 Å². The van der Waals surface area contributed by atoms with Gasteiger partial charge in [-0.15, -0.1) is 11.3 Å². The summed E-state index contributed by atoms with van der Waals surface area (Å²) in [6.45, 7) is -0.925. The van der Waals surface area contributed by atoms with E-state index in [1.165, 1.54) is 11.3 Å². The lowest BCUT2D eigenvalue weighted by molar-refractivity contribution is -0.168. The van der Waals surface area contributed by atoms with E-state index in [1.54, 1.807) is 12.4 Å². The van der Waals surface area contributed by atoms with Gasteiger partial charge in [0.15, 0.2) is 0 Å². The van der Waals surface area contributed by atoms with Crippen molar-refractivity contribution in [1.29, 1.82) is 0 Å². The second-order valence-electron chi connectivity index (χ2n) is 3.32. The van der Waals surface area contributed by atoms with E-state index in [0.29, 0.717) is 11.6 Å². The zero-order valence-electron chi connectivity index (χ0n) is 9.05. The van der Waals surface area contributed by atoms with Crippen molar-refractivity contribution >= 4 is 11.3 Å². The molecule has 0 radical (unpaired) electrons. The number of ether oxygens (including phenoxy) is 1. The molecule has 1 N–H and O–H groups in total. The van der Waals surface area contributed by atoms with E-state index in [-0.39, 0.29) is 6.61 Å². The van der Waals surface area contributed by atoms with Gasteiger partial charge in [0.25, 0.3) is 0 Å². The maximum absolute atomic E-state index is 12.5. The summed E-state index contributed by atoms with van der Waals surface area (Å²) in [5.41, 5.74) is 0.761. The summed E-state index contributed by atoms with van der Waals surface area (Å²) in [6, 6.07) is 0. The molecule has 1 aromatic heterocycles. The normalized spacial score (nSPS) is 12.4. The first-order chi connectivity index (χ1) is 7.95. The summed E-state index contributed by atoms with van der Waals surface area (Å²) in [5, 5.41) is 5.11. The Morgan fingerprint density at radius 2 is 2.24 bits per heavy atom. The number of rotatable bonds is 7. The van der Waals surface area contributed by atoms with Gasteiger partial charge in [-0.05, 0) is 7.05 Å². The van der Waals surface area contributed by atoms with Crippen LogP contribution in [0.2, 0.25) is 0 Å². The van der Waals surface area contributed by atoms with Crippen LogP contribution in [0.25, 0.3) is 0 Å². The molecule has 0 bridgehead atoms. The maximum atomic E-state index is 12.5. The monoisotopic (exact) mass is 272 g/mol. The third kappa shape index (κ3) is 4.57. The van der Waals surface area contributed by atoms with E-state index < -0.39 is 19.0 Å². The second-order valence-corrected chi connectivity index (χ2v) is 4.26. The SMILES string of the molecule is CNCc1csc(COCC(F)(F)C(F)F)n1. The molecule has 1 aromatic rings. The van der Waals surface area contributed by atoms with Gasteiger partial charge in [-0.3, -0.25) is 0 Å². The van der Waals surface area contributed by atoms with Crippen molar-refractivity contribution in [2.24, 2.45) is 0 Å². The van der Waals surface area contributed by atoms with Crippen molar-refractivity contribution in [1.82, 2.24) is 10.3 Å². The highest BCUT2D eigenvalue weighted by Gasteiger charge is 2.40. The molecule has 3 nitrogen and oxygen atoms in total. The quantitative estimate of drug-likeness (QED) is 0.773. The fourth-order valence-corrected chi connectivity index (χ4v) is 1.74. The van der Waals surface area contributed by atoms with Crippen molar-refractivity contribution < 1.29 is 22.3 Å². The zero-order chi connectivity index (χ0) is 12.9. The van der Waals surface area contributed by atoms with Gasteiger partial charge in [0.1, 0.15) is 11.6 Å². The third-order valence-electron chi connectivity index (χ3n) is 1.80. The van der Waals surface area contributed by atoms with Crippen molar-refractivity contribution in [3.05, 3.63) is 16.1 Å². The van der Waals surface area contributed by atoms with E-state index in [4.69, 9.17) is 0 Å². The molecule has 0 atom stereocenters. The molecule has 0 aromatic carbocycles. The Balaban J connectivity index is 2.35. The average molecular weight is 272 g/mol. The first-order valence-electron chi connectivity index (χ1n) is 4.77. The Morgan fingerprint density at radius 3 is 2.82 bits per heavy atom. The first-order valence-corrected chi connectivity index (χ1v) is 5.65. The number of aromatic nitrogens is 1. The van der Waals surface area contributed by atoms with Gasteiger partial charge in [0.2, 0.25) is 0 Å². The molecule has 1 rings (SSSR count). The minimum Gasteiger partial charge on any atom is -0.368 e. The molecule has 0 fully saturated rings. The van der Waals surface area contributed by atoms with Crippen LogP contribution in [-0.2, 0) is 17.9 Å². The summed E-state index contributed by atoms with van der Waals surface area (Å²) < 4.78 is 53.1. The van der Waals surface area contributed by atoms with Crippen LogP contribution in [0, 0.1) is 0 Å². The zero-order valence-corrected chi connectivity index (χ0v) is 9.87. The lowest BCUT2D eigenvalue weighted by Crippen LogP contribution is -2.32. The number of hydrogen-bond donors (Lipinski definition) is 1. The lowest BCUT2D eigenvalue weighted by atomic mass is 10.4. The fourth-order valence-electron chi connectivity index (χ4n) is 1.01. The molecule has 0 amide bonds. The second kappa shape index (κ2) is 6.27. The minimum absolute atomic E-state index is 0.184. The summed E-state index contributed by atoms with van der Waals surface area (Å²) in [5.74, 6) is -4.11. The molecule has 17 heavy (non-hydrogen) atoms. The van der Waals surface area contributed by atoms with Gasteiger partial charge in [0, 0.05) is 11.9 Å². The van der Waals surface area contributed by atoms with Gasteiger partial charge < -0.3 is 10.1 Å². The number of nitrogens with one attached hydrogen (secondary N) is 1. The van der Waals surface area contributed by atoms with Crippen molar-refractivity contribution in [2.45, 2.75) is 25.5 Å². The molecular formula is C9H12F4N2OS. The molecular weight excluding hydrogens is 260 g/mol. The van der Waals surface area contributed by atoms with Crippen LogP contribution in [0.15, 0.2) is 5.38 Å². The summed E-state index contributed by atoms with van der Waals surface area (Å²) >= 11 is 1.24. The van der Waals surface area contributed by atoms with Crippen LogP contribution in [0.1, 0.15) is 10.7 Å². The van der Waals surface area contributed by atoms with E-state index in [1.807, 2.05) is 0 Å². The smallest absolute Gasteiger partial charge is 0.330 e. The predicted molar refractivity (Wildman–Crippen MR) is 55.5 cm³/mol. The van der Waals surface area contributed by atoms with E-state index in [2.05, 4.69) is 15.0 Å². The number of alkyl halides is 4. The molecule has 8 heteroatoms. The molecule has 1 heterocycles. The average Bonchev–Trinajstić information content (AvgIpc) is 2.66. The van der Waals surface area contributed by atoms with Gasteiger partial charge in [-0.25, -0.2) is 13.8 Å². The van der Waals surface area contributed by atoms with Crippen LogP contribution >= 0.6 is 11.3 Å². The largest absolute Gasteiger partial charge is 0.368 e. The minimum atomic E-state index is -4.11. The van der Waals surface area contributed by atoms with Gasteiger partial charge in [0.05, 0.1) is 12.3 Å². The summed E-state index contributed by atoms with van der Waals surface area (Å²) in [6.07, 6.45) is -3.71.